The molecule has 0 N–H and O–H groups in total. The predicted molar refractivity (Wildman–Crippen MR) is 103 cm³/mol. The molecule has 2 aromatic rings. The van der Waals surface area contributed by atoms with Crippen LogP contribution in [0.2, 0.25) is 5.02 Å². The second-order valence-corrected chi connectivity index (χ2v) is 7.46. The quantitative estimate of drug-likeness (QED) is 0.502. The van der Waals surface area contributed by atoms with Crippen LogP contribution >= 0.6 is 11.6 Å². The van der Waals surface area contributed by atoms with Crippen LogP contribution in [0.25, 0.3) is 0 Å². The van der Waals surface area contributed by atoms with E-state index < -0.39 is 16.0 Å². The molecular weight excluding hydrogens is 374 g/mol. The van der Waals surface area contributed by atoms with Gasteiger partial charge in [-0.05, 0) is 30.3 Å². The van der Waals surface area contributed by atoms with Gasteiger partial charge in [0.25, 0.3) is 10.0 Å². The summed E-state index contributed by atoms with van der Waals surface area (Å²) < 4.78 is 32.3. The van der Waals surface area contributed by atoms with Crippen molar-refractivity contribution in [2.75, 3.05) is 17.5 Å². The van der Waals surface area contributed by atoms with Crippen LogP contribution in [0.15, 0.2) is 78.7 Å². The largest absolute Gasteiger partial charge is 0.458 e. The molecule has 0 atom stereocenters. The Morgan fingerprint density at radius 3 is 2.50 bits per heavy atom. The van der Waals surface area contributed by atoms with Crippen molar-refractivity contribution in [1.29, 1.82) is 0 Å². The first kappa shape index (κ1) is 19.8. The summed E-state index contributed by atoms with van der Waals surface area (Å²) in [6, 6.07) is 12.3. The molecule has 5 nitrogen and oxygen atoms in total. The number of esters is 1. The number of sulfonamides is 1. The fraction of sp³-hybridized carbons (Fsp3) is 0.105. The minimum atomic E-state index is -3.97. The molecule has 0 spiro atoms. The molecule has 0 aliphatic heterocycles. The lowest BCUT2D eigenvalue weighted by atomic mass is 10.2. The molecule has 0 amide bonds. The van der Waals surface area contributed by atoms with E-state index in [0.29, 0.717) is 10.7 Å². The molecule has 2 aromatic carbocycles. The molecule has 26 heavy (non-hydrogen) atoms. The SMILES string of the molecule is C=CCOC(=O)c1cccc(S(=O)(=O)N(CC=C)c2ccccc2Cl)c1. The maximum atomic E-state index is 13.1. The number of benzene rings is 2. The van der Waals surface area contributed by atoms with Crippen LogP contribution in [-0.2, 0) is 14.8 Å². The maximum absolute atomic E-state index is 13.1. The number of carbonyl (C=O) groups is 1. The zero-order valence-corrected chi connectivity index (χ0v) is 15.5. The molecule has 0 heterocycles. The van der Waals surface area contributed by atoms with Crippen LogP contribution in [0.3, 0.4) is 0 Å². The van der Waals surface area contributed by atoms with Gasteiger partial charge < -0.3 is 4.74 Å². The van der Waals surface area contributed by atoms with Gasteiger partial charge in [-0.3, -0.25) is 4.31 Å². The Bertz CT molecular complexity index is 925. The van der Waals surface area contributed by atoms with Crippen LogP contribution in [0.4, 0.5) is 5.69 Å². The Labute approximate surface area is 158 Å². The van der Waals surface area contributed by atoms with E-state index in [4.69, 9.17) is 16.3 Å². The van der Waals surface area contributed by atoms with Crippen molar-refractivity contribution < 1.29 is 17.9 Å². The molecule has 0 radical (unpaired) electrons. The van der Waals surface area contributed by atoms with E-state index in [1.165, 1.54) is 36.4 Å². The second-order valence-electron chi connectivity index (χ2n) is 5.19. The molecular formula is C19H18ClNO4S. The number of rotatable bonds is 8. The molecule has 0 aromatic heterocycles. The summed E-state index contributed by atoms with van der Waals surface area (Å²) in [5, 5.41) is 0.291. The Morgan fingerprint density at radius 2 is 1.85 bits per heavy atom. The van der Waals surface area contributed by atoms with Crippen molar-refractivity contribution >= 4 is 33.3 Å². The molecule has 0 aliphatic carbocycles. The standard InChI is InChI=1S/C19H18ClNO4S/c1-3-12-21(18-11-6-5-10-17(18)20)26(23,24)16-9-7-8-15(14-16)19(22)25-13-4-2/h3-11,14H,1-2,12-13H2. The first-order valence-electron chi connectivity index (χ1n) is 7.68. The van der Waals surface area contributed by atoms with Gasteiger partial charge in [-0.2, -0.15) is 0 Å². The summed E-state index contributed by atoms with van der Waals surface area (Å²) in [7, 11) is -3.97. The summed E-state index contributed by atoms with van der Waals surface area (Å²) in [5.74, 6) is -0.630. The highest BCUT2D eigenvalue weighted by atomic mass is 35.5. The third kappa shape index (κ3) is 4.33. The van der Waals surface area contributed by atoms with Crippen molar-refractivity contribution in [3.8, 4) is 0 Å². The summed E-state index contributed by atoms with van der Waals surface area (Å²) >= 11 is 6.16. The van der Waals surface area contributed by atoms with Gasteiger partial charge in [0.1, 0.15) is 6.61 Å². The Morgan fingerprint density at radius 1 is 1.12 bits per heavy atom. The highest BCUT2D eigenvalue weighted by Gasteiger charge is 2.26. The average Bonchev–Trinajstić information content (AvgIpc) is 2.65. The van der Waals surface area contributed by atoms with E-state index in [1.807, 2.05) is 0 Å². The number of hydrogen-bond acceptors (Lipinski definition) is 4. The maximum Gasteiger partial charge on any atom is 0.338 e. The van der Waals surface area contributed by atoms with Crippen molar-refractivity contribution in [1.82, 2.24) is 0 Å². The molecule has 0 saturated carbocycles. The van der Waals surface area contributed by atoms with Gasteiger partial charge >= 0.3 is 5.97 Å². The lowest BCUT2D eigenvalue weighted by Crippen LogP contribution is -2.31. The van der Waals surface area contributed by atoms with Crippen LogP contribution in [0.1, 0.15) is 10.4 Å². The van der Waals surface area contributed by atoms with Crippen molar-refractivity contribution in [2.24, 2.45) is 0 Å². The predicted octanol–water partition coefficient (Wildman–Crippen LogP) is 4.06. The third-order valence-corrected chi connectivity index (χ3v) is 5.50. The van der Waals surface area contributed by atoms with Gasteiger partial charge in [-0.1, -0.05) is 48.5 Å². The summed E-state index contributed by atoms with van der Waals surface area (Å²) in [5.41, 5.74) is 0.458. The number of para-hydroxylation sites is 1. The van der Waals surface area contributed by atoms with Crippen LogP contribution in [-0.4, -0.2) is 27.5 Å². The fourth-order valence-corrected chi connectivity index (χ4v) is 4.01. The molecule has 7 heteroatoms. The summed E-state index contributed by atoms with van der Waals surface area (Å²) in [6.07, 6.45) is 2.89. The highest BCUT2D eigenvalue weighted by Crippen LogP contribution is 2.30. The Kier molecular flexibility index (Phi) is 6.60. The molecule has 0 saturated heterocycles. The van der Waals surface area contributed by atoms with Crippen molar-refractivity contribution in [2.45, 2.75) is 4.90 Å². The van der Waals surface area contributed by atoms with Crippen LogP contribution in [0, 0.1) is 0 Å². The number of halogens is 1. The van der Waals surface area contributed by atoms with Gasteiger partial charge in [0.15, 0.2) is 0 Å². The zero-order valence-electron chi connectivity index (χ0n) is 14.0. The monoisotopic (exact) mass is 391 g/mol. The van der Waals surface area contributed by atoms with Crippen molar-refractivity contribution in [3.63, 3.8) is 0 Å². The lowest BCUT2D eigenvalue weighted by Gasteiger charge is -2.24. The lowest BCUT2D eigenvalue weighted by molar-refractivity contribution is 0.0549. The number of hydrogen-bond donors (Lipinski definition) is 0. The number of ether oxygens (including phenoxy) is 1. The fourth-order valence-electron chi connectivity index (χ4n) is 2.23. The van der Waals surface area contributed by atoms with Crippen LogP contribution in [0.5, 0.6) is 0 Å². The van der Waals surface area contributed by atoms with Gasteiger partial charge in [0, 0.05) is 0 Å². The number of nitrogens with zero attached hydrogens (tertiary/aromatic N) is 1. The van der Waals surface area contributed by atoms with Crippen LogP contribution < -0.4 is 4.31 Å². The van der Waals surface area contributed by atoms with E-state index in [1.54, 1.807) is 24.3 Å². The minimum absolute atomic E-state index is 0.0250. The smallest absolute Gasteiger partial charge is 0.338 e. The van der Waals surface area contributed by atoms with E-state index in [-0.39, 0.29) is 23.6 Å². The normalized spacial score (nSPS) is 10.8. The molecule has 0 bridgehead atoms. The van der Waals surface area contributed by atoms with Gasteiger partial charge in [0.05, 0.1) is 27.7 Å². The Hall–Kier alpha value is -2.57. The zero-order chi connectivity index (χ0) is 19.2. The number of anilines is 1. The van der Waals surface area contributed by atoms with Gasteiger partial charge in [-0.25, -0.2) is 13.2 Å². The number of carbonyl (C=O) groups excluding carboxylic acids is 1. The Balaban J connectivity index is 2.47. The van der Waals surface area contributed by atoms with E-state index >= 15 is 0 Å². The molecule has 2 rings (SSSR count). The molecule has 0 fully saturated rings. The third-order valence-electron chi connectivity index (χ3n) is 3.41. The van der Waals surface area contributed by atoms with Crippen molar-refractivity contribution in [3.05, 3.63) is 84.4 Å². The second kappa shape index (κ2) is 8.69. The first-order chi connectivity index (χ1) is 12.4. The molecule has 136 valence electrons. The molecule has 0 unspecified atom stereocenters. The molecule has 0 aliphatic rings. The van der Waals surface area contributed by atoms with Gasteiger partial charge in [0.2, 0.25) is 0 Å². The van der Waals surface area contributed by atoms with E-state index in [9.17, 15) is 13.2 Å². The highest BCUT2D eigenvalue weighted by molar-refractivity contribution is 7.92. The van der Waals surface area contributed by atoms with E-state index in [0.717, 1.165) is 4.31 Å². The topological polar surface area (TPSA) is 63.7 Å². The van der Waals surface area contributed by atoms with Gasteiger partial charge in [-0.15, -0.1) is 6.58 Å². The minimum Gasteiger partial charge on any atom is -0.458 e. The average molecular weight is 392 g/mol. The summed E-state index contributed by atoms with van der Waals surface area (Å²) in [4.78, 5) is 11.9. The van der Waals surface area contributed by atoms with E-state index in [2.05, 4.69) is 13.2 Å². The first-order valence-corrected chi connectivity index (χ1v) is 9.50. The summed E-state index contributed by atoms with van der Waals surface area (Å²) in [6.45, 7) is 7.14.